The SMILES string of the molecule is NC#Cc1ccc2c(c1)c1ccccc1n2C1=CC(N)=CCC1c1cccc2c1oc1c2ccc2c1c1ccccc1n2-c1ccccc1. The number of nitrogens with zero attached hydrogens (tertiary/aromatic N) is 2. The third-order valence-electron chi connectivity index (χ3n) is 10.1. The number of furan rings is 1. The lowest BCUT2D eigenvalue weighted by Gasteiger charge is -2.26. The zero-order valence-corrected chi connectivity index (χ0v) is 26.5. The molecule has 232 valence electrons. The van der Waals surface area contributed by atoms with Gasteiger partial charge in [0.25, 0.3) is 0 Å². The summed E-state index contributed by atoms with van der Waals surface area (Å²) in [6.45, 7) is 0. The fourth-order valence-corrected chi connectivity index (χ4v) is 8.08. The van der Waals surface area contributed by atoms with Crippen molar-refractivity contribution < 1.29 is 4.42 Å². The normalized spacial score (nSPS) is 14.9. The summed E-state index contributed by atoms with van der Waals surface area (Å²) >= 11 is 0. The molecule has 9 aromatic rings. The highest BCUT2D eigenvalue weighted by Crippen LogP contribution is 2.46. The molecule has 1 atom stereocenters. The Kier molecular flexibility index (Phi) is 5.85. The third-order valence-corrected chi connectivity index (χ3v) is 10.1. The van der Waals surface area contributed by atoms with Crippen molar-refractivity contribution in [3.8, 4) is 17.7 Å². The van der Waals surface area contributed by atoms with Crippen LogP contribution >= 0.6 is 0 Å². The van der Waals surface area contributed by atoms with Gasteiger partial charge in [-0.15, -0.1) is 0 Å². The molecule has 1 aliphatic carbocycles. The Balaban J connectivity index is 1.23. The third kappa shape index (κ3) is 3.95. The number of benzene rings is 6. The van der Waals surface area contributed by atoms with Crippen molar-refractivity contribution in [3.63, 3.8) is 0 Å². The van der Waals surface area contributed by atoms with Crippen molar-refractivity contribution in [2.75, 3.05) is 0 Å². The molecule has 0 saturated carbocycles. The molecule has 5 heteroatoms. The highest BCUT2D eigenvalue weighted by Gasteiger charge is 2.28. The monoisotopic (exact) mass is 630 g/mol. The number of nitrogens with two attached hydrogens (primary N) is 2. The van der Waals surface area contributed by atoms with Gasteiger partial charge in [-0.3, -0.25) is 0 Å². The number of aromatic nitrogens is 2. The van der Waals surface area contributed by atoms with Crippen LogP contribution in [0.1, 0.15) is 23.5 Å². The largest absolute Gasteiger partial charge is 0.455 e. The molecule has 6 aromatic carbocycles. The van der Waals surface area contributed by atoms with E-state index < -0.39 is 0 Å². The minimum Gasteiger partial charge on any atom is -0.455 e. The predicted octanol–water partition coefficient (Wildman–Crippen LogP) is 9.93. The van der Waals surface area contributed by atoms with E-state index in [1.165, 1.54) is 5.39 Å². The van der Waals surface area contributed by atoms with E-state index in [4.69, 9.17) is 15.9 Å². The molecular weight excluding hydrogens is 601 g/mol. The first kappa shape index (κ1) is 27.5. The predicted molar refractivity (Wildman–Crippen MR) is 202 cm³/mol. The Morgan fingerprint density at radius 2 is 1.31 bits per heavy atom. The van der Waals surface area contributed by atoms with E-state index in [9.17, 15) is 0 Å². The molecule has 0 aliphatic heterocycles. The van der Waals surface area contributed by atoms with Gasteiger partial charge in [-0.25, -0.2) is 0 Å². The van der Waals surface area contributed by atoms with Gasteiger partial charge < -0.3 is 25.0 Å². The summed E-state index contributed by atoms with van der Waals surface area (Å²) in [4.78, 5) is 0. The van der Waals surface area contributed by atoms with Crippen LogP contribution in [-0.4, -0.2) is 9.13 Å². The second-order valence-electron chi connectivity index (χ2n) is 12.8. The van der Waals surface area contributed by atoms with Crippen LogP contribution in [0.3, 0.4) is 0 Å². The lowest BCUT2D eigenvalue weighted by atomic mass is 9.87. The molecule has 0 amide bonds. The van der Waals surface area contributed by atoms with Crippen LogP contribution in [0.2, 0.25) is 0 Å². The molecule has 3 heterocycles. The highest BCUT2D eigenvalue weighted by molar-refractivity contribution is 6.24. The average molecular weight is 631 g/mol. The first-order valence-electron chi connectivity index (χ1n) is 16.5. The Morgan fingerprint density at radius 1 is 0.612 bits per heavy atom. The molecule has 3 aromatic heterocycles. The second-order valence-corrected chi connectivity index (χ2v) is 12.8. The quantitative estimate of drug-likeness (QED) is 0.151. The molecule has 1 aliphatic rings. The van der Waals surface area contributed by atoms with Gasteiger partial charge in [0, 0.05) is 67.1 Å². The van der Waals surface area contributed by atoms with Gasteiger partial charge in [0.15, 0.2) is 0 Å². The van der Waals surface area contributed by atoms with Crippen LogP contribution in [0.5, 0.6) is 0 Å². The number of hydrogen-bond donors (Lipinski definition) is 2. The summed E-state index contributed by atoms with van der Waals surface area (Å²) in [6, 6.07) is 47.5. The molecule has 0 bridgehead atoms. The summed E-state index contributed by atoms with van der Waals surface area (Å²) in [5.74, 6) is 3.02. The smallest absolute Gasteiger partial charge is 0.145 e. The molecule has 4 N–H and O–H groups in total. The van der Waals surface area contributed by atoms with E-state index in [1.54, 1.807) is 0 Å². The zero-order chi connectivity index (χ0) is 32.6. The van der Waals surface area contributed by atoms with Gasteiger partial charge in [0.1, 0.15) is 11.2 Å². The minimum absolute atomic E-state index is 0.000213. The summed E-state index contributed by atoms with van der Waals surface area (Å²) in [5, 5.41) is 6.81. The molecule has 0 radical (unpaired) electrons. The van der Waals surface area contributed by atoms with E-state index in [-0.39, 0.29) is 5.92 Å². The van der Waals surface area contributed by atoms with Crippen LogP contribution in [0, 0.1) is 12.0 Å². The van der Waals surface area contributed by atoms with E-state index in [1.807, 2.05) is 6.07 Å². The van der Waals surface area contributed by atoms with Crippen molar-refractivity contribution in [2.45, 2.75) is 12.3 Å². The number of fused-ring (bicyclic) bond motifs is 10. The maximum absolute atomic E-state index is 7.09. The van der Waals surface area contributed by atoms with Crippen molar-refractivity contribution in [1.82, 2.24) is 9.13 Å². The van der Waals surface area contributed by atoms with Gasteiger partial charge in [0.2, 0.25) is 0 Å². The molecule has 5 nitrogen and oxygen atoms in total. The van der Waals surface area contributed by atoms with Gasteiger partial charge >= 0.3 is 0 Å². The van der Waals surface area contributed by atoms with E-state index >= 15 is 0 Å². The standard InChI is InChI=1S/C44H30N4O/c45-24-23-27-17-21-39-36(25-27)30-11-4-6-15-37(30)48(39)41-26-28(46)18-19-31(41)32-13-8-14-33-34-20-22-40-42(44(34)49-43(32)33)35-12-5-7-16-38(35)47(40)29-9-2-1-3-10-29/h1-18,20-22,25-26,31H,19,45-46H2. The molecule has 0 fully saturated rings. The molecule has 1 unspecified atom stereocenters. The average Bonchev–Trinajstić information content (AvgIpc) is 3.80. The molecule has 0 saturated heterocycles. The second kappa shape index (κ2) is 10.4. The van der Waals surface area contributed by atoms with Gasteiger partial charge in [-0.05, 0) is 73.0 Å². The summed E-state index contributed by atoms with van der Waals surface area (Å²) < 4.78 is 11.8. The minimum atomic E-state index is 0.000213. The van der Waals surface area contributed by atoms with Gasteiger partial charge in [0.05, 0.1) is 27.5 Å². The van der Waals surface area contributed by atoms with E-state index in [0.29, 0.717) is 0 Å². The van der Waals surface area contributed by atoms with Crippen LogP contribution in [0.15, 0.2) is 150 Å². The molecule has 10 rings (SSSR count). The number of para-hydroxylation sites is 4. The van der Waals surface area contributed by atoms with Crippen LogP contribution in [0.4, 0.5) is 0 Å². The van der Waals surface area contributed by atoms with Crippen molar-refractivity contribution in [3.05, 3.63) is 156 Å². The fraction of sp³-hybridized carbons (Fsp3) is 0.0455. The topological polar surface area (TPSA) is 75.0 Å². The Morgan fingerprint density at radius 3 is 2.14 bits per heavy atom. The van der Waals surface area contributed by atoms with E-state index in [2.05, 4.69) is 155 Å². The van der Waals surface area contributed by atoms with Crippen molar-refractivity contribution >= 4 is 71.2 Å². The van der Waals surface area contributed by atoms with Crippen LogP contribution in [0.25, 0.3) is 76.9 Å². The highest BCUT2D eigenvalue weighted by atomic mass is 16.3. The molecular formula is C44H30N4O. The lowest BCUT2D eigenvalue weighted by molar-refractivity contribution is 0.660. The lowest BCUT2D eigenvalue weighted by Crippen LogP contribution is -2.14. The number of hydrogen-bond acceptors (Lipinski definition) is 3. The Labute approximate surface area is 281 Å². The Hall–Kier alpha value is -6.64. The van der Waals surface area contributed by atoms with Crippen molar-refractivity contribution in [1.29, 1.82) is 0 Å². The zero-order valence-electron chi connectivity index (χ0n) is 26.5. The van der Waals surface area contributed by atoms with Gasteiger partial charge in [-0.1, -0.05) is 78.9 Å². The van der Waals surface area contributed by atoms with Crippen LogP contribution in [-0.2, 0) is 0 Å². The molecule has 49 heavy (non-hydrogen) atoms. The first-order chi connectivity index (χ1) is 24.2. The van der Waals surface area contributed by atoms with E-state index in [0.717, 1.165) is 94.8 Å². The summed E-state index contributed by atoms with van der Waals surface area (Å²) in [5.41, 5.74) is 23.5. The van der Waals surface area contributed by atoms with Crippen LogP contribution < -0.4 is 11.5 Å². The van der Waals surface area contributed by atoms with Gasteiger partial charge in [-0.2, -0.15) is 0 Å². The first-order valence-corrected chi connectivity index (χ1v) is 16.5. The summed E-state index contributed by atoms with van der Waals surface area (Å²) in [7, 11) is 0. The summed E-state index contributed by atoms with van der Waals surface area (Å²) in [6.07, 6.45) is 5.01. The maximum atomic E-state index is 7.09. The van der Waals surface area contributed by atoms with Crippen molar-refractivity contribution in [2.24, 2.45) is 11.5 Å². The fourth-order valence-electron chi connectivity index (χ4n) is 8.08. The maximum Gasteiger partial charge on any atom is 0.145 e. The molecule has 0 spiro atoms. The number of allylic oxidation sites excluding steroid dienone is 3. The number of rotatable bonds is 3. The Bertz CT molecular complexity index is 2940.